The summed E-state index contributed by atoms with van der Waals surface area (Å²) in [6.45, 7) is 3.51. The summed E-state index contributed by atoms with van der Waals surface area (Å²) in [5.74, 6) is 0.307. The third kappa shape index (κ3) is 3.24. The summed E-state index contributed by atoms with van der Waals surface area (Å²) in [5, 5.41) is 31.6. The highest BCUT2D eigenvalue weighted by Gasteiger charge is 2.45. The highest BCUT2D eigenvalue weighted by Crippen LogP contribution is 2.26. The smallest absolute Gasteiger partial charge is 0.245 e. The third-order valence-electron chi connectivity index (χ3n) is 4.12. The van der Waals surface area contributed by atoms with Gasteiger partial charge in [-0.25, -0.2) is 4.99 Å². The van der Waals surface area contributed by atoms with Crippen LogP contribution in [0.2, 0.25) is 0 Å². The molecule has 6 atom stereocenters. The van der Waals surface area contributed by atoms with Gasteiger partial charge in [0, 0.05) is 6.42 Å². The number of carbonyl (C=O) groups excluding carboxylic acids is 1. The summed E-state index contributed by atoms with van der Waals surface area (Å²) < 4.78 is 10.6. The van der Waals surface area contributed by atoms with Crippen molar-refractivity contribution in [3.8, 4) is 0 Å². The van der Waals surface area contributed by atoms with Gasteiger partial charge in [-0.3, -0.25) is 4.79 Å². The fourth-order valence-corrected chi connectivity index (χ4v) is 2.79. The lowest BCUT2D eigenvalue weighted by molar-refractivity contribution is -0.124. The van der Waals surface area contributed by atoms with Gasteiger partial charge in [0.05, 0.1) is 19.8 Å². The van der Waals surface area contributed by atoms with E-state index in [0.29, 0.717) is 5.90 Å². The second-order valence-corrected chi connectivity index (χ2v) is 6.03. The van der Waals surface area contributed by atoms with Crippen LogP contribution >= 0.6 is 0 Å². The van der Waals surface area contributed by atoms with Crippen molar-refractivity contribution >= 4 is 11.8 Å². The maximum Gasteiger partial charge on any atom is 0.245 e. The lowest BCUT2D eigenvalue weighted by Gasteiger charge is -2.31. The topological polar surface area (TPSA) is 121 Å². The first-order valence-corrected chi connectivity index (χ1v) is 7.43. The van der Waals surface area contributed by atoms with E-state index in [9.17, 15) is 15.0 Å². The van der Waals surface area contributed by atoms with Crippen molar-refractivity contribution in [3.63, 3.8) is 0 Å². The van der Waals surface area contributed by atoms with Crippen molar-refractivity contribution in [2.45, 2.75) is 56.8 Å². The molecule has 2 aliphatic rings. The zero-order valence-electron chi connectivity index (χ0n) is 13.0. The van der Waals surface area contributed by atoms with E-state index < -0.39 is 37.1 Å². The Bertz CT molecular complexity index is 441. The SMILES string of the molecule is COC1=N[C@@H](C[C@H]2O[C@H](CO)[C@@H](O)[C@@H]2O)C(=O)N[C@@H]1C(C)C. The van der Waals surface area contributed by atoms with Crippen molar-refractivity contribution in [2.24, 2.45) is 10.9 Å². The van der Waals surface area contributed by atoms with Crippen LogP contribution in [-0.4, -0.2) is 77.3 Å². The first-order valence-electron chi connectivity index (χ1n) is 7.43. The number of amides is 1. The van der Waals surface area contributed by atoms with Gasteiger partial charge in [0.1, 0.15) is 30.4 Å². The van der Waals surface area contributed by atoms with Gasteiger partial charge in [0.25, 0.3) is 0 Å². The van der Waals surface area contributed by atoms with Crippen LogP contribution in [0.15, 0.2) is 4.99 Å². The van der Waals surface area contributed by atoms with E-state index in [2.05, 4.69) is 10.3 Å². The lowest BCUT2D eigenvalue weighted by Crippen LogP contribution is -2.53. The molecule has 126 valence electrons. The van der Waals surface area contributed by atoms with Crippen LogP contribution in [0.3, 0.4) is 0 Å². The average Bonchev–Trinajstić information content (AvgIpc) is 2.76. The number of nitrogens with zero attached hydrogens (tertiary/aromatic N) is 1. The van der Waals surface area contributed by atoms with Crippen LogP contribution in [0.25, 0.3) is 0 Å². The minimum Gasteiger partial charge on any atom is -0.483 e. The molecule has 22 heavy (non-hydrogen) atoms. The zero-order valence-corrected chi connectivity index (χ0v) is 13.0. The van der Waals surface area contributed by atoms with Gasteiger partial charge in [0.2, 0.25) is 11.8 Å². The number of ether oxygens (including phenoxy) is 2. The van der Waals surface area contributed by atoms with E-state index in [-0.39, 0.29) is 24.3 Å². The summed E-state index contributed by atoms with van der Waals surface area (Å²) in [4.78, 5) is 16.5. The second-order valence-electron chi connectivity index (χ2n) is 6.03. The molecule has 2 aliphatic heterocycles. The highest BCUT2D eigenvalue weighted by molar-refractivity contribution is 5.95. The van der Waals surface area contributed by atoms with Crippen molar-refractivity contribution in [3.05, 3.63) is 0 Å². The number of hydrogen-bond donors (Lipinski definition) is 4. The summed E-state index contributed by atoms with van der Waals surface area (Å²) in [5.41, 5.74) is 0. The maximum absolute atomic E-state index is 12.2. The molecule has 8 heteroatoms. The lowest BCUT2D eigenvalue weighted by atomic mass is 9.97. The standard InChI is InChI=1S/C14H24N2O6/c1-6(2)10-14(21-3)15-7(13(20)16-10)4-8-11(18)12(19)9(5-17)22-8/h6-12,17-19H,4-5H2,1-3H3,(H,16,20)/t7-,8+,9+,10+,11+,12+/m0/s1. The van der Waals surface area contributed by atoms with Crippen LogP contribution in [0, 0.1) is 5.92 Å². The number of aliphatic hydroxyl groups excluding tert-OH is 3. The van der Waals surface area contributed by atoms with Crippen LogP contribution in [0.1, 0.15) is 20.3 Å². The molecular weight excluding hydrogens is 292 g/mol. The number of nitrogens with one attached hydrogen (secondary N) is 1. The minimum atomic E-state index is -1.17. The Balaban J connectivity index is 2.09. The number of carbonyl (C=O) groups is 1. The molecule has 2 rings (SSSR count). The monoisotopic (exact) mass is 316 g/mol. The van der Waals surface area contributed by atoms with Crippen LogP contribution in [-0.2, 0) is 14.3 Å². The molecule has 0 saturated carbocycles. The molecule has 1 amide bonds. The molecule has 0 spiro atoms. The predicted octanol–water partition coefficient (Wildman–Crippen LogP) is -1.57. The summed E-state index contributed by atoms with van der Waals surface area (Å²) in [6.07, 6.45) is -3.83. The zero-order chi connectivity index (χ0) is 16.4. The molecule has 1 fully saturated rings. The quantitative estimate of drug-likeness (QED) is 0.497. The van der Waals surface area contributed by atoms with E-state index in [4.69, 9.17) is 14.6 Å². The van der Waals surface area contributed by atoms with Gasteiger partial charge < -0.3 is 30.1 Å². The number of hydrogen-bond acceptors (Lipinski definition) is 7. The third-order valence-corrected chi connectivity index (χ3v) is 4.12. The van der Waals surface area contributed by atoms with Gasteiger partial charge in [-0.15, -0.1) is 0 Å². The molecule has 0 radical (unpaired) electrons. The molecule has 4 N–H and O–H groups in total. The number of rotatable bonds is 4. The van der Waals surface area contributed by atoms with E-state index >= 15 is 0 Å². The van der Waals surface area contributed by atoms with Crippen molar-refractivity contribution in [1.82, 2.24) is 5.32 Å². The Morgan fingerprint density at radius 3 is 2.45 bits per heavy atom. The molecule has 2 heterocycles. The van der Waals surface area contributed by atoms with Crippen LogP contribution < -0.4 is 5.32 Å². The van der Waals surface area contributed by atoms with E-state index in [0.717, 1.165) is 0 Å². The normalized spacial score (nSPS) is 38.9. The molecular formula is C14H24N2O6. The Morgan fingerprint density at radius 2 is 1.95 bits per heavy atom. The van der Waals surface area contributed by atoms with Gasteiger partial charge in [-0.1, -0.05) is 13.8 Å². The van der Waals surface area contributed by atoms with E-state index in [1.165, 1.54) is 7.11 Å². The van der Waals surface area contributed by atoms with Gasteiger partial charge in [0.15, 0.2) is 0 Å². The molecule has 1 saturated heterocycles. The first kappa shape index (κ1) is 17.1. The van der Waals surface area contributed by atoms with Crippen LogP contribution in [0.4, 0.5) is 0 Å². The largest absolute Gasteiger partial charge is 0.483 e. The second kappa shape index (κ2) is 6.91. The van der Waals surface area contributed by atoms with Crippen molar-refractivity contribution in [1.29, 1.82) is 0 Å². The molecule has 0 aliphatic carbocycles. The fraction of sp³-hybridized carbons (Fsp3) is 0.857. The first-order chi connectivity index (χ1) is 10.4. The van der Waals surface area contributed by atoms with Crippen molar-refractivity contribution in [2.75, 3.05) is 13.7 Å². The molecule has 0 bridgehead atoms. The number of aliphatic imine (C=N–C) groups is 1. The molecule has 8 nitrogen and oxygen atoms in total. The van der Waals surface area contributed by atoms with Crippen LogP contribution in [0.5, 0.6) is 0 Å². The Kier molecular flexibility index (Phi) is 5.38. The Hall–Kier alpha value is -1.22. The van der Waals surface area contributed by atoms with Gasteiger partial charge >= 0.3 is 0 Å². The summed E-state index contributed by atoms with van der Waals surface area (Å²) >= 11 is 0. The van der Waals surface area contributed by atoms with E-state index in [1.807, 2.05) is 13.8 Å². The molecule has 0 unspecified atom stereocenters. The van der Waals surface area contributed by atoms with E-state index in [1.54, 1.807) is 0 Å². The molecule has 0 aromatic heterocycles. The highest BCUT2D eigenvalue weighted by atomic mass is 16.6. The summed E-state index contributed by atoms with van der Waals surface area (Å²) in [6, 6.07) is -1.03. The number of methoxy groups -OCH3 is 1. The maximum atomic E-state index is 12.2. The number of aliphatic hydroxyl groups is 3. The van der Waals surface area contributed by atoms with Gasteiger partial charge in [-0.2, -0.15) is 0 Å². The van der Waals surface area contributed by atoms with Gasteiger partial charge in [-0.05, 0) is 5.92 Å². The Morgan fingerprint density at radius 1 is 1.32 bits per heavy atom. The van der Waals surface area contributed by atoms with Crippen molar-refractivity contribution < 1.29 is 29.6 Å². The Labute approximate surface area is 129 Å². The average molecular weight is 316 g/mol. The fourth-order valence-electron chi connectivity index (χ4n) is 2.79. The molecule has 0 aromatic rings. The predicted molar refractivity (Wildman–Crippen MR) is 77.4 cm³/mol. The molecule has 0 aromatic carbocycles. The minimum absolute atomic E-state index is 0.109. The summed E-state index contributed by atoms with van der Waals surface area (Å²) in [7, 11) is 1.50.